The van der Waals surface area contributed by atoms with E-state index < -0.39 is 11.9 Å². The fourth-order valence-electron chi connectivity index (χ4n) is 2.91. The van der Waals surface area contributed by atoms with Gasteiger partial charge in [0.2, 0.25) is 0 Å². The van der Waals surface area contributed by atoms with Gasteiger partial charge in [-0.15, -0.1) is 0 Å². The molecule has 0 aliphatic rings. The Bertz CT molecular complexity index is 1160. The maximum atomic E-state index is 13.8. The van der Waals surface area contributed by atoms with Gasteiger partial charge in [0, 0.05) is 17.4 Å². The number of amides is 1. The first kappa shape index (κ1) is 19.0. The van der Waals surface area contributed by atoms with Gasteiger partial charge in [-0.05, 0) is 49.7 Å². The first-order chi connectivity index (χ1) is 14.0. The molecule has 2 aromatic carbocycles. The number of halogens is 1. The molecule has 29 heavy (non-hydrogen) atoms. The third-order valence-corrected chi connectivity index (χ3v) is 5.51. The molecule has 146 valence electrons. The van der Waals surface area contributed by atoms with Gasteiger partial charge in [0.15, 0.2) is 17.7 Å². The smallest absolute Gasteiger partial charge is 0.265 e. The Labute approximate surface area is 171 Å². The number of nitrogens with zero attached hydrogens (tertiary/aromatic N) is 2. The molecule has 0 fully saturated rings. The highest BCUT2D eigenvalue weighted by atomic mass is 32.1. The van der Waals surface area contributed by atoms with Crippen molar-refractivity contribution in [1.82, 2.24) is 9.97 Å². The zero-order chi connectivity index (χ0) is 20.4. The Balaban J connectivity index is 1.55. The number of ether oxygens (including phenoxy) is 1. The highest BCUT2D eigenvalue weighted by Crippen LogP contribution is 2.33. The highest BCUT2D eigenvalue weighted by molar-refractivity contribution is 7.21. The third-order valence-electron chi connectivity index (χ3n) is 4.50. The lowest BCUT2D eigenvalue weighted by molar-refractivity contribution is -0.122. The zero-order valence-corrected chi connectivity index (χ0v) is 16.7. The number of para-hydroxylation sites is 1. The van der Waals surface area contributed by atoms with Crippen molar-refractivity contribution < 1.29 is 13.9 Å². The van der Waals surface area contributed by atoms with Gasteiger partial charge in [0.1, 0.15) is 15.4 Å². The summed E-state index contributed by atoms with van der Waals surface area (Å²) in [6.07, 6.45) is 0.881. The number of carbonyl (C=O) groups is 1. The zero-order valence-electron chi connectivity index (χ0n) is 15.8. The number of hydrogen-bond acceptors (Lipinski definition) is 5. The minimum Gasteiger partial charge on any atom is -0.478 e. The molecular weight excluding hydrogens is 389 g/mol. The Morgan fingerprint density at radius 2 is 1.97 bits per heavy atom. The van der Waals surface area contributed by atoms with Crippen molar-refractivity contribution in [2.45, 2.75) is 20.0 Å². The number of rotatable bonds is 5. The van der Waals surface area contributed by atoms with E-state index in [1.54, 1.807) is 25.3 Å². The van der Waals surface area contributed by atoms with Crippen LogP contribution in [0.25, 0.3) is 20.9 Å². The molecule has 7 heteroatoms. The SMILES string of the molecule is Cc1c(NC(=O)C(C)Oc2ccccc2F)cccc1-c1nc2cccnc2s1. The Kier molecular flexibility index (Phi) is 5.22. The number of fused-ring (bicyclic) bond motifs is 1. The van der Waals surface area contributed by atoms with E-state index in [0.29, 0.717) is 5.69 Å². The van der Waals surface area contributed by atoms with Crippen LogP contribution in [-0.4, -0.2) is 22.0 Å². The Hall–Kier alpha value is -3.32. The number of benzene rings is 2. The molecule has 2 heterocycles. The number of anilines is 1. The molecule has 1 unspecified atom stereocenters. The molecule has 0 spiro atoms. The van der Waals surface area contributed by atoms with Crippen LogP contribution < -0.4 is 10.1 Å². The van der Waals surface area contributed by atoms with Crippen molar-refractivity contribution >= 4 is 33.3 Å². The van der Waals surface area contributed by atoms with E-state index in [-0.39, 0.29) is 11.7 Å². The van der Waals surface area contributed by atoms with Crippen LogP contribution in [-0.2, 0) is 4.79 Å². The van der Waals surface area contributed by atoms with Gasteiger partial charge >= 0.3 is 0 Å². The summed E-state index contributed by atoms with van der Waals surface area (Å²) in [5.74, 6) is -0.822. The van der Waals surface area contributed by atoms with E-state index in [2.05, 4.69) is 15.3 Å². The van der Waals surface area contributed by atoms with Crippen molar-refractivity contribution in [3.8, 4) is 16.3 Å². The van der Waals surface area contributed by atoms with Gasteiger partial charge in [-0.25, -0.2) is 14.4 Å². The van der Waals surface area contributed by atoms with E-state index in [0.717, 1.165) is 26.5 Å². The highest BCUT2D eigenvalue weighted by Gasteiger charge is 2.19. The quantitative estimate of drug-likeness (QED) is 0.493. The lowest BCUT2D eigenvalue weighted by Crippen LogP contribution is -2.30. The molecule has 5 nitrogen and oxygen atoms in total. The van der Waals surface area contributed by atoms with Gasteiger partial charge in [0.25, 0.3) is 5.91 Å². The molecule has 0 aliphatic heterocycles. The van der Waals surface area contributed by atoms with Crippen LogP contribution in [0, 0.1) is 12.7 Å². The van der Waals surface area contributed by atoms with Crippen LogP contribution in [0.15, 0.2) is 60.8 Å². The average Bonchev–Trinajstić information content (AvgIpc) is 3.15. The predicted molar refractivity (Wildman–Crippen MR) is 113 cm³/mol. The molecule has 0 saturated heterocycles. The van der Waals surface area contributed by atoms with E-state index in [1.807, 2.05) is 37.3 Å². The summed E-state index contributed by atoms with van der Waals surface area (Å²) in [7, 11) is 0. The number of carbonyl (C=O) groups excluding carboxylic acids is 1. The Morgan fingerprint density at radius 1 is 1.14 bits per heavy atom. The van der Waals surface area contributed by atoms with Crippen molar-refractivity contribution in [3.05, 3.63) is 72.2 Å². The number of aromatic nitrogens is 2. The van der Waals surface area contributed by atoms with Crippen molar-refractivity contribution in [3.63, 3.8) is 0 Å². The number of thiazole rings is 1. The van der Waals surface area contributed by atoms with Crippen molar-refractivity contribution in [2.75, 3.05) is 5.32 Å². The van der Waals surface area contributed by atoms with E-state index in [9.17, 15) is 9.18 Å². The summed E-state index contributed by atoms with van der Waals surface area (Å²) >= 11 is 1.50. The first-order valence-electron chi connectivity index (χ1n) is 9.06. The molecule has 1 amide bonds. The standard InChI is InChI=1S/C22H18FN3O2S/c1-13-15(21-26-18-10-6-12-24-22(18)29-21)7-5-9-17(13)25-20(27)14(2)28-19-11-4-3-8-16(19)23/h3-12,14H,1-2H3,(H,25,27). The fourth-order valence-corrected chi connectivity index (χ4v) is 3.90. The van der Waals surface area contributed by atoms with E-state index in [1.165, 1.54) is 23.5 Å². The fraction of sp³-hybridized carbons (Fsp3) is 0.136. The Morgan fingerprint density at radius 3 is 2.76 bits per heavy atom. The first-order valence-corrected chi connectivity index (χ1v) is 9.88. The molecule has 0 saturated carbocycles. The second-order valence-electron chi connectivity index (χ2n) is 6.50. The van der Waals surface area contributed by atoms with Gasteiger partial charge in [-0.1, -0.05) is 35.6 Å². The molecular formula is C22H18FN3O2S. The van der Waals surface area contributed by atoms with Gasteiger partial charge in [-0.2, -0.15) is 0 Å². The molecule has 0 radical (unpaired) electrons. The van der Waals surface area contributed by atoms with Crippen LogP contribution in [0.5, 0.6) is 5.75 Å². The summed E-state index contributed by atoms with van der Waals surface area (Å²) in [4.78, 5) is 22.4. The predicted octanol–water partition coefficient (Wildman–Crippen LogP) is 5.21. The van der Waals surface area contributed by atoms with E-state index >= 15 is 0 Å². The van der Waals surface area contributed by atoms with Crippen LogP contribution in [0.4, 0.5) is 10.1 Å². The second-order valence-corrected chi connectivity index (χ2v) is 7.48. The number of pyridine rings is 1. The van der Waals surface area contributed by atoms with Crippen LogP contribution >= 0.6 is 11.3 Å². The van der Waals surface area contributed by atoms with E-state index in [4.69, 9.17) is 4.74 Å². The normalized spacial score (nSPS) is 12.0. The van der Waals surface area contributed by atoms with Crippen molar-refractivity contribution in [1.29, 1.82) is 0 Å². The van der Waals surface area contributed by atoms with Gasteiger partial charge in [-0.3, -0.25) is 4.79 Å². The maximum absolute atomic E-state index is 13.8. The molecule has 0 aliphatic carbocycles. The maximum Gasteiger partial charge on any atom is 0.265 e. The minimum atomic E-state index is -0.860. The van der Waals surface area contributed by atoms with Gasteiger partial charge < -0.3 is 10.1 Å². The van der Waals surface area contributed by atoms with Gasteiger partial charge in [0.05, 0.1) is 0 Å². The molecule has 2 aromatic heterocycles. The molecule has 4 aromatic rings. The van der Waals surface area contributed by atoms with Crippen LogP contribution in [0.3, 0.4) is 0 Å². The second kappa shape index (κ2) is 7.97. The summed E-state index contributed by atoms with van der Waals surface area (Å²) in [5, 5.41) is 3.70. The molecule has 0 bridgehead atoms. The lowest BCUT2D eigenvalue weighted by atomic mass is 10.1. The average molecular weight is 407 g/mol. The van der Waals surface area contributed by atoms with Crippen molar-refractivity contribution in [2.24, 2.45) is 0 Å². The number of hydrogen-bond donors (Lipinski definition) is 1. The minimum absolute atomic E-state index is 0.0441. The summed E-state index contributed by atoms with van der Waals surface area (Å²) in [6.45, 7) is 3.51. The largest absolute Gasteiger partial charge is 0.478 e. The molecule has 4 rings (SSSR count). The van der Waals surface area contributed by atoms with Crippen LogP contribution in [0.2, 0.25) is 0 Å². The molecule has 1 atom stereocenters. The summed E-state index contributed by atoms with van der Waals surface area (Å²) in [6, 6.07) is 15.4. The summed E-state index contributed by atoms with van der Waals surface area (Å²) in [5.41, 5.74) is 3.31. The topological polar surface area (TPSA) is 64.1 Å². The van der Waals surface area contributed by atoms with Crippen LogP contribution in [0.1, 0.15) is 12.5 Å². The monoisotopic (exact) mass is 407 g/mol. The number of nitrogens with one attached hydrogen (secondary N) is 1. The molecule has 1 N–H and O–H groups in total. The third kappa shape index (κ3) is 3.95. The lowest BCUT2D eigenvalue weighted by Gasteiger charge is -2.17. The summed E-state index contributed by atoms with van der Waals surface area (Å²) < 4.78 is 19.2.